The van der Waals surface area contributed by atoms with Crippen molar-refractivity contribution in [2.75, 3.05) is 0 Å². The molecule has 0 atom stereocenters. The largest absolute Gasteiger partial charge is 0.415 e. The number of halogens is 1. The smallest absolute Gasteiger partial charge is 0.409 e. The predicted molar refractivity (Wildman–Crippen MR) is 72.3 cm³/mol. The van der Waals surface area contributed by atoms with Gasteiger partial charge in [-0.05, 0) is 35.4 Å². The van der Waals surface area contributed by atoms with Crippen LogP contribution in [0.5, 0.6) is 5.75 Å². The number of amides is 1. The average molecular weight is 276 g/mol. The summed E-state index contributed by atoms with van der Waals surface area (Å²) in [6.07, 6.45) is 0. The highest BCUT2D eigenvalue weighted by Crippen LogP contribution is 2.23. The summed E-state index contributed by atoms with van der Waals surface area (Å²) in [4.78, 5) is 21.5. The highest BCUT2D eigenvalue weighted by atomic mass is 35.5. The maximum Gasteiger partial charge on any atom is 0.409 e. The first-order valence-corrected chi connectivity index (χ1v) is 5.81. The third-order valence-electron chi connectivity index (χ3n) is 2.56. The van der Waals surface area contributed by atoms with Gasteiger partial charge in [0.2, 0.25) is 5.91 Å². The average Bonchev–Trinajstić information content (AvgIpc) is 2.39. The van der Waals surface area contributed by atoms with Crippen LogP contribution in [-0.4, -0.2) is 11.3 Å². The Balaban J connectivity index is 2.22. The Kier molecular flexibility index (Phi) is 3.82. The summed E-state index contributed by atoms with van der Waals surface area (Å²) in [5, 5.41) is 0. The Morgan fingerprint density at radius 1 is 0.895 bits per heavy atom. The highest BCUT2D eigenvalue weighted by Gasteiger charge is 2.03. The van der Waals surface area contributed by atoms with E-state index in [0.717, 1.165) is 11.1 Å². The van der Waals surface area contributed by atoms with Gasteiger partial charge in [-0.1, -0.05) is 24.3 Å². The van der Waals surface area contributed by atoms with E-state index in [4.69, 9.17) is 22.1 Å². The molecule has 2 rings (SSSR count). The minimum Gasteiger partial charge on any atom is -0.415 e. The predicted octanol–water partition coefficient (Wildman–Crippen LogP) is 3.19. The summed E-state index contributed by atoms with van der Waals surface area (Å²) in [5.41, 5.74) is 6.59. The molecule has 0 heterocycles. The van der Waals surface area contributed by atoms with E-state index < -0.39 is 11.3 Å². The number of carbonyl (C=O) groups excluding carboxylic acids is 2. The minimum absolute atomic E-state index is 0.373. The lowest BCUT2D eigenvalue weighted by atomic mass is 10.0. The number of primary amides is 1. The summed E-state index contributed by atoms with van der Waals surface area (Å²) < 4.78 is 4.72. The molecule has 0 radical (unpaired) electrons. The Labute approximate surface area is 114 Å². The lowest BCUT2D eigenvalue weighted by Crippen LogP contribution is -2.10. The van der Waals surface area contributed by atoms with Crippen LogP contribution in [0.1, 0.15) is 10.4 Å². The zero-order chi connectivity index (χ0) is 13.8. The van der Waals surface area contributed by atoms with Crippen LogP contribution in [0.15, 0.2) is 48.5 Å². The van der Waals surface area contributed by atoms with Crippen molar-refractivity contribution in [2.45, 2.75) is 0 Å². The van der Waals surface area contributed by atoms with Crippen molar-refractivity contribution >= 4 is 22.9 Å². The second kappa shape index (κ2) is 5.54. The van der Waals surface area contributed by atoms with Crippen molar-refractivity contribution in [1.82, 2.24) is 0 Å². The van der Waals surface area contributed by atoms with Crippen molar-refractivity contribution < 1.29 is 14.3 Å². The first-order chi connectivity index (χ1) is 9.06. The topological polar surface area (TPSA) is 69.4 Å². The van der Waals surface area contributed by atoms with E-state index >= 15 is 0 Å². The molecule has 0 unspecified atom stereocenters. The van der Waals surface area contributed by atoms with E-state index in [0.29, 0.717) is 11.3 Å². The quantitative estimate of drug-likeness (QED) is 0.875. The molecule has 0 aliphatic rings. The molecule has 0 aromatic heterocycles. The van der Waals surface area contributed by atoms with Gasteiger partial charge in [-0.2, -0.15) is 0 Å². The van der Waals surface area contributed by atoms with Crippen molar-refractivity contribution in [1.29, 1.82) is 0 Å². The third kappa shape index (κ3) is 3.33. The maximum atomic E-state index is 11.0. The van der Waals surface area contributed by atoms with Crippen LogP contribution >= 0.6 is 11.6 Å². The fourth-order valence-electron chi connectivity index (χ4n) is 1.64. The molecule has 96 valence electrons. The number of benzene rings is 2. The second-order valence-electron chi connectivity index (χ2n) is 3.81. The Morgan fingerprint density at radius 2 is 1.37 bits per heavy atom. The van der Waals surface area contributed by atoms with Gasteiger partial charge < -0.3 is 10.5 Å². The lowest BCUT2D eigenvalue weighted by Gasteiger charge is -2.04. The fraction of sp³-hybridized carbons (Fsp3) is 0. The second-order valence-corrected chi connectivity index (χ2v) is 4.11. The molecule has 0 spiro atoms. The molecule has 2 N–H and O–H groups in total. The van der Waals surface area contributed by atoms with Gasteiger partial charge in [-0.25, -0.2) is 4.79 Å². The molecule has 0 saturated heterocycles. The van der Waals surface area contributed by atoms with Gasteiger partial charge in [0.15, 0.2) is 0 Å². The molecule has 19 heavy (non-hydrogen) atoms. The fourth-order valence-corrected chi connectivity index (χ4v) is 1.72. The van der Waals surface area contributed by atoms with E-state index in [1.807, 2.05) is 0 Å². The molecule has 2 aromatic rings. The van der Waals surface area contributed by atoms with Crippen molar-refractivity contribution in [3.8, 4) is 16.9 Å². The van der Waals surface area contributed by atoms with Gasteiger partial charge in [-0.3, -0.25) is 4.79 Å². The van der Waals surface area contributed by atoms with Crippen LogP contribution in [0.25, 0.3) is 11.1 Å². The van der Waals surface area contributed by atoms with Gasteiger partial charge in [-0.15, -0.1) is 0 Å². The molecule has 0 aliphatic carbocycles. The molecule has 5 heteroatoms. The van der Waals surface area contributed by atoms with Crippen LogP contribution in [0.4, 0.5) is 4.79 Å². The number of rotatable bonds is 3. The van der Waals surface area contributed by atoms with E-state index in [2.05, 4.69) is 0 Å². The van der Waals surface area contributed by atoms with Crippen LogP contribution in [0.2, 0.25) is 0 Å². The van der Waals surface area contributed by atoms with Crippen LogP contribution in [-0.2, 0) is 0 Å². The van der Waals surface area contributed by atoms with Gasteiger partial charge in [0.05, 0.1) is 0 Å². The van der Waals surface area contributed by atoms with E-state index in [1.54, 1.807) is 48.5 Å². The van der Waals surface area contributed by atoms with Crippen molar-refractivity contribution in [3.63, 3.8) is 0 Å². The Morgan fingerprint density at radius 3 is 1.79 bits per heavy atom. The highest BCUT2D eigenvalue weighted by molar-refractivity contribution is 6.61. The molecule has 4 nitrogen and oxygen atoms in total. The van der Waals surface area contributed by atoms with Crippen molar-refractivity contribution in [2.24, 2.45) is 5.73 Å². The van der Waals surface area contributed by atoms with E-state index in [-0.39, 0.29) is 0 Å². The molecule has 1 amide bonds. The first-order valence-electron chi connectivity index (χ1n) is 5.44. The number of nitrogens with two attached hydrogens (primary N) is 1. The summed E-state index contributed by atoms with van der Waals surface area (Å²) >= 11 is 5.11. The maximum absolute atomic E-state index is 11.0. The molecule has 0 saturated carbocycles. The number of ether oxygens (including phenoxy) is 1. The number of carbonyl (C=O) groups is 2. The van der Waals surface area contributed by atoms with Gasteiger partial charge >= 0.3 is 5.43 Å². The van der Waals surface area contributed by atoms with Crippen LogP contribution in [0.3, 0.4) is 0 Å². The zero-order valence-electron chi connectivity index (χ0n) is 9.80. The zero-order valence-corrected chi connectivity index (χ0v) is 10.6. The van der Waals surface area contributed by atoms with Crippen molar-refractivity contribution in [3.05, 3.63) is 54.1 Å². The third-order valence-corrected chi connectivity index (χ3v) is 2.63. The molecule has 2 aromatic carbocycles. The SMILES string of the molecule is NC(=O)c1ccc(-c2ccc(OC(=O)Cl)cc2)cc1. The minimum atomic E-state index is -0.876. The molecule has 0 bridgehead atoms. The number of hydrogen-bond acceptors (Lipinski definition) is 3. The molecular formula is C14H10ClNO3. The monoisotopic (exact) mass is 275 g/mol. The molecular weight excluding hydrogens is 266 g/mol. The summed E-state index contributed by atoms with van der Waals surface area (Å²) in [6.45, 7) is 0. The van der Waals surface area contributed by atoms with Crippen LogP contribution < -0.4 is 10.5 Å². The summed E-state index contributed by atoms with van der Waals surface area (Å²) in [5.74, 6) is -0.0894. The lowest BCUT2D eigenvalue weighted by molar-refractivity contribution is 0.100. The molecule has 0 fully saturated rings. The Bertz CT molecular complexity index is 606. The van der Waals surface area contributed by atoms with Gasteiger partial charge in [0.25, 0.3) is 0 Å². The van der Waals surface area contributed by atoms with E-state index in [9.17, 15) is 9.59 Å². The normalized spacial score (nSPS) is 9.95. The first kappa shape index (κ1) is 13.1. The molecule has 0 aliphatic heterocycles. The summed E-state index contributed by atoms with van der Waals surface area (Å²) in [7, 11) is 0. The van der Waals surface area contributed by atoms with E-state index in [1.165, 1.54) is 0 Å². The summed E-state index contributed by atoms with van der Waals surface area (Å²) in [6, 6.07) is 13.7. The standard InChI is InChI=1S/C14H10ClNO3/c15-14(18)19-12-7-5-10(6-8-12)9-1-3-11(4-2-9)13(16)17/h1-8H,(H2,16,17). The van der Waals surface area contributed by atoms with Crippen LogP contribution in [0, 0.1) is 0 Å². The Hall–Kier alpha value is -2.33. The van der Waals surface area contributed by atoms with Gasteiger partial charge in [0.1, 0.15) is 5.75 Å². The van der Waals surface area contributed by atoms with Gasteiger partial charge in [0, 0.05) is 17.2 Å². The number of hydrogen-bond donors (Lipinski definition) is 1.